The van der Waals surface area contributed by atoms with E-state index in [9.17, 15) is 9.18 Å². The summed E-state index contributed by atoms with van der Waals surface area (Å²) < 4.78 is 18.6. The van der Waals surface area contributed by atoms with E-state index in [1.165, 1.54) is 6.07 Å². The molecule has 0 bridgehead atoms. The van der Waals surface area contributed by atoms with Crippen LogP contribution < -0.4 is 10.6 Å². The van der Waals surface area contributed by atoms with Gasteiger partial charge in [-0.25, -0.2) is 4.39 Å². The van der Waals surface area contributed by atoms with Crippen LogP contribution in [0.1, 0.15) is 12.0 Å². The van der Waals surface area contributed by atoms with Crippen molar-refractivity contribution in [1.29, 1.82) is 0 Å². The van der Waals surface area contributed by atoms with Gasteiger partial charge in [-0.15, -0.1) is 12.4 Å². The molecular formula is C14H20ClFN2O2. The fraction of sp³-hybridized carbons (Fsp3) is 0.500. The molecule has 1 fully saturated rings. The van der Waals surface area contributed by atoms with E-state index < -0.39 is 0 Å². The van der Waals surface area contributed by atoms with Gasteiger partial charge in [0.15, 0.2) is 0 Å². The van der Waals surface area contributed by atoms with Gasteiger partial charge >= 0.3 is 0 Å². The molecule has 1 aliphatic heterocycles. The maximum Gasteiger partial charge on any atom is 0.221 e. The average molecular weight is 303 g/mol. The van der Waals surface area contributed by atoms with Crippen LogP contribution in [0.5, 0.6) is 0 Å². The van der Waals surface area contributed by atoms with Crippen molar-refractivity contribution in [2.75, 3.05) is 26.3 Å². The highest BCUT2D eigenvalue weighted by Crippen LogP contribution is 2.06. The molecule has 1 heterocycles. The largest absolute Gasteiger partial charge is 0.378 e. The molecular weight excluding hydrogens is 283 g/mol. The molecule has 1 aromatic carbocycles. The highest BCUT2D eigenvalue weighted by molar-refractivity contribution is 5.85. The molecule has 0 aliphatic carbocycles. The molecule has 1 unspecified atom stereocenters. The van der Waals surface area contributed by atoms with Gasteiger partial charge in [-0.1, -0.05) is 18.2 Å². The van der Waals surface area contributed by atoms with Crippen LogP contribution >= 0.6 is 12.4 Å². The first-order valence-electron chi connectivity index (χ1n) is 6.57. The SMILES string of the molecule is Cl.O=C(CC1COCCN1)NCCc1ccccc1F. The molecule has 1 atom stereocenters. The number of hydrogen-bond donors (Lipinski definition) is 2. The topological polar surface area (TPSA) is 50.4 Å². The Balaban J connectivity index is 0.00000200. The molecule has 0 spiro atoms. The van der Waals surface area contributed by atoms with Crippen LogP contribution in [0.3, 0.4) is 0 Å². The van der Waals surface area contributed by atoms with E-state index in [0.717, 1.165) is 6.54 Å². The number of carbonyl (C=O) groups is 1. The average Bonchev–Trinajstić information content (AvgIpc) is 2.42. The van der Waals surface area contributed by atoms with Gasteiger partial charge in [-0.05, 0) is 18.1 Å². The van der Waals surface area contributed by atoms with E-state index in [2.05, 4.69) is 10.6 Å². The molecule has 1 amide bonds. The third kappa shape index (κ3) is 5.45. The van der Waals surface area contributed by atoms with E-state index in [1.54, 1.807) is 18.2 Å². The van der Waals surface area contributed by atoms with Crippen molar-refractivity contribution in [2.24, 2.45) is 0 Å². The number of amides is 1. The Labute approximate surface area is 124 Å². The number of rotatable bonds is 5. The number of ether oxygens (including phenoxy) is 1. The Morgan fingerprint density at radius 1 is 1.45 bits per heavy atom. The highest BCUT2D eigenvalue weighted by Gasteiger charge is 2.16. The van der Waals surface area contributed by atoms with Crippen LogP contribution in [0.2, 0.25) is 0 Å². The summed E-state index contributed by atoms with van der Waals surface area (Å²) in [4.78, 5) is 11.7. The third-order valence-electron chi connectivity index (χ3n) is 3.10. The van der Waals surface area contributed by atoms with Crippen LogP contribution in [0, 0.1) is 5.82 Å². The molecule has 0 radical (unpaired) electrons. The second-order valence-electron chi connectivity index (χ2n) is 4.62. The van der Waals surface area contributed by atoms with Crippen molar-refractivity contribution in [1.82, 2.24) is 10.6 Å². The van der Waals surface area contributed by atoms with Crippen molar-refractivity contribution >= 4 is 18.3 Å². The Morgan fingerprint density at radius 3 is 2.95 bits per heavy atom. The van der Waals surface area contributed by atoms with Crippen molar-refractivity contribution < 1.29 is 13.9 Å². The standard InChI is InChI=1S/C14H19FN2O2.ClH/c15-13-4-2-1-3-11(13)5-6-17-14(18)9-12-10-19-8-7-16-12;/h1-4,12,16H,5-10H2,(H,17,18);1H. The quantitative estimate of drug-likeness (QED) is 0.861. The Morgan fingerprint density at radius 2 is 2.25 bits per heavy atom. The molecule has 0 saturated carbocycles. The number of hydrogen-bond acceptors (Lipinski definition) is 3. The van der Waals surface area contributed by atoms with Gasteiger partial charge in [-0.3, -0.25) is 4.79 Å². The third-order valence-corrected chi connectivity index (χ3v) is 3.10. The maximum atomic E-state index is 13.3. The molecule has 2 N–H and O–H groups in total. The first-order valence-corrected chi connectivity index (χ1v) is 6.57. The molecule has 1 saturated heterocycles. The highest BCUT2D eigenvalue weighted by atomic mass is 35.5. The summed E-state index contributed by atoms with van der Waals surface area (Å²) in [6, 6.07) is 6.70. The van der Waals surface area contributed by atoms with Gasteiger partial charge in [0.25, 0.3) is 0 Å². The molecule has 112 valence electrons. The number of morpholine rings is 1. The Kier molecular flexibility index (Phi) is 7.51. The van der Waals surface area contributed by atoms with E-state index >= 15 is 0 Å². The van der Waals surface area contributed by atoms with E-state index in [0.29, 0.717) is 38.2 Å². The zero-order valence-electron chi connectivity index (χ0n) is 11.2. The summed E-state index contributed by atoms with van der Waals surface area (Å²) in [5, 5.41) is 6.03. The minimum atomic E-state index is -0.223. The summed E-state index contributed by atoms with van der Waals surface area (Å²) in [5.41, 5.74) is 0.627. The summed E-state index contributed by atoms with van der Waals surface area (Å²) >= 11 is 0. The monoisotopic (exact) mass is 302 g/mol. The molecule has 6 heteroatoms. The van der Waals surface area contributed by atoms with Gasteiger partial charge in [0.2, 0.25) is 5.91 Å². The molecule has 4 nitrogen and oxygen atoms in total. The van der Waals surface area contributed by atoms with Gasteiger partial charge in [0.05, 0.1) is 13.2 Å². The normalized spacial score (nSPS) is 18.1. The minimum Gasteiger partial charge on any atom is -0.378 e. The second kappa shape index (κ2) is 8.89. The summed E-state index contributed by atoms with van der Waals surface area (Å²) in [6.45, 7) is 2.51. The number of nitrogens with one attached hydrogen (secondary N) is 2. The van der Waals surface area contributed by atoms with Gasteiger partial charge in [-0.2, -0.15) is 0 Å². The first kappa shape index (κ1) is 16.9. The molecule has 0 aromatic heterocycles. The lowest BCUT2D eigenvalue weighted by molar-refractivity contribution is -0.122. The van der Waals surface area contributed by atoms with Crippen LogP contribution in [0.4, 0.5) is 4.39 Å². The van der Waals surface area contributed by atoms with Crippen molar-refractivity contribution in [3.8, 4) is 0 Å². The van der Waals surface area contributed by atoms with Crippen LogP contribution in [-0.2, 0) is 16.0 Å². The van der Waals surface area contributed by atoms with Crippen LogP contribution in [0.15, 0.2) is 24.3 Å². The fourth-order valence-corrected chi connectivity index (χ4v) is 2.08. The van der Waals surface area contributed by atoms with Gasteiger partial charge < -0.3 is 15.4 Å². The van der Waals surface area contributed by atoms with Gasteiger partial charge in [0.1, 0.15) is 5.82 Å². The maximum absolute atomic E-state index is 13.3. The fourth-order valence-electron chi connectivity index (χ4n) is 2.08. The van der Waals surface area contributed by atoms with E-state index in [-0.39, 0.29) is 30.2 Å². The smallest absolute Gasteiger partial charge is 0.221 e. The lowest BCUT2D eigenvalue weighted by Gasteiger charge is -2.23. The van der Waals surface area contributed by atoms with Crippen LogP contribution in [-0.4, -0.2) is 38.3 Å². The summed E-state index contributed by atoms with van der Waals surface area (Å²) in [6.07, 6.45) is 0.907. The number of benzene rings is 1. The van der Waals surface area contributed by atoms with Crippen molar-refractivity contribution in [2.45, 2.75) is 18.9 Å². The zero-order chi connectivity index (χ0) is 13.5. The predicted octanol–water partition coefficient (Wildman–Crippen LogP) is 1.28. The molecule has 2 rings (SSSR count). The lowest BCUT2D eigenvalue weighted by Crippen LogP contribution is -2.44. The first-order chi connectivity index (χ1) is 9.25. The minimum absolute atomic E-state index is 0. The second-order valence-corrected chi connectivity index (χ2v) is 4.62. The van der Waals surface area contributed by atoms with Crippen molar-refractivity contribution in [3.05, 3.63) is 35.6 Å². The van der Waals surface area contributed by atoms with Gasteiger partial charge in [0, 0.05) is 25.6 Å². The van der Waals surface area contributed by atoms with E-state index in [4.69, 9.17) is 4.74 Å². The van der Waals surface area contributed by atoms with E-state index in [1.807, 2.05) is 0 Å². The lowest BCUT2D eigenvalue weighted by atomic mass is 10.1. The molecule has 20 heavy (non-hydrogen) atoms. The summed E-state index contributed by atoms with van der Waals surface area (Å²) in [7, 11) is 0. The zero-order valence-corrected chi connectivity index (χ0v) is 12.0. The number of carbonyl (C=O) groups excluding carboxylic acids is 1. The molecule has 1 aromatic rings. The van der Waals surface area contributed by atoms with Crippen molar-refractivity contribution in [3.63, 3.8) is 0 Å². The Bertz CT molecular complexity index is 425. The predicted molar refractivity (Wildman–Crippen MR) is 77.6 cm³/mol. The van der Waals surface area contributed by atoms with Crippen LogP contribution in [0.25, 0.3) is 0 Å². The summed E-state index contributed by atoms with van der Waals surface area (Å²) in [5.74, 6) is -0.251. The number of halogens is 2. The molecule has 1 aliphatic rings. The Hall–Kier alpha value is -1.17.